The van der Waals surface area contributed by atoms with Crippen molar-refractivity contribution in [3.8, 4) is 22.9 Å². The molecule has 0 aliphatic carbocycles. The maximum absolute atomic E-state index is 14.6. The Labute approximate surface area is 196 Å². The van der Waals surface area contributed by atoms with Gasteiger partial charge in [-0.1, -0.05) is 23.4 Å². The number of carboxylic acid groups (broad SMARTS) is 1. The first-order chi connectivity index (χ1) is 16.8. The van der Waals surface area contributed by atoms with E-state index in [1.165, 1.54) is 23.9 Å². The number of amides is 1. The molecule has 0 spiro atoms. The van der Waals surface area contributed by atoms with Crippen molar-refractivity contribution in [2.24, 2.45) is 5.41 Å². The van der Waals surface area contributed by atoms with E-state index in [4.69, 9.17) is 4.52 Å². The summed E-state index contributed by atoms with van der Waals surface area (Å²) in [4.78, 5) is 33.5. The van der Waals surface area contributed by atoms with Gasteiger partial charge in [0.15, 0.2) is 17.5 Å². The highest BCUT2D eigenvalue weighted by Crippen LogP contribution is 2.36. The molecule has 4 aromatic rings. The summed E-state index contributed by atoms with van der Waals surface area (Å²) in [6.07, 6.45) is 2.28. The molecule has 178 valence electrons. The Balaban J connectivity index is 1.55. The van der Waals surface area contributed by atoms with E-state index in [-0.39, 0.29) is 36.8 Å². The number of halogens is 2. The lowest BCUT2D eigenvalue weighted by molar-refractivity contribution is -0.151. The van der Waals surface area contributed by atoms with E-state index in [0.29, 0.717) is 17.0 Å². The first kappa shape index (κ1) is 22.3. The Bertz CT molecular complexity index is 1440. The van der Waals surface area contributed by atoms with Gasteiger partial charge in [-0.05, 0) is 25.5 Å². The molecular formula is C23H18F2N6O4. The van der Waals surface area contributed by atoms with Crippen molar-refractivity contribution in [3.05, 3.63) is 66.1 Å². The fourth-order valence-corrected chi connectivity index (χ4v) is 3.90. The number of carbonyl (C=O) groups is 2. The number of anilines is 1. The van der Waals surface area contributed by atoms with Gasteiger partial charge < -0.3 is 9.63 Å². The summed E-state index contributed by atoms with van der Waals surface area (Å²) in [5.74, 6) is -3.68. The number of hydrogen-bond donors (Lipinski definition) is 1. The number of aromatic nitrogens is 5. The molecule has 1 unspecified atom stereocenters. The number of hydrogen-bond acceptors (Lipinski definition) is 7. The largest absolute Gasteiger partial charge is 0.480 e. The maximum atomic E-state index is 14.6. The summed E-state index contributed by atoms with van der Waals surface area (Å²) in [7, 11) is 0. The Morgan fingerprint density at radius 2 is 2.00 bits per heavy atom. The third kappa shape index (κ3) is 3.82. The average Bonchev–Trinajstić information content (AvgIpc) is 3.57. The standard InChI is InChI=1S/C23H18F2N6O4/c1-23(22(33)34)7-8-30(21(23)32)20-15(25)11-26-19(27-20)17-10-18(16-6-9-35-29-16)31(28-17)12-13-4-2-3-5-14(13)24/h2-6,9-11H,7-8,12H2,1H3,(H,33,34). The van der Waals surface area contributed by atoms with Crippen LogP contribution < -0.4 is 4.90 Å². The Morgan fingerprint density at radius 3 is 2.69 bits per heavy atom. The number of aliphatic carboxylic acids is 1. The van der Waals surface area contributed by atoms with Crippen LogP contribution in [0.1, 0.15) is 18.9 Å². The molecule has 1 aliphatic rings. The van der Waals surface area contributed by atoms with Gasteiger partial charge >= 0.3 is 5.97 Å². The van der Waals surface area contributed by atoms with Crippen LogP contribution in [0.2, 0.25) is 0 Å². The predicted molar refractivity (Wildman–Crippen MR) is 117 cm³/mol. The zero-order valence-electron chi connectivity index (χ0n) is 18.4. The van der Waals surface area contributed by atoms with Gasteiger partial charge in [0.25, 0.3) is 0 Å². The average molecular weight is 480 g/mol. The first-order valence-corrected chi connectivity index (χ1v) is 10.6. The van der Waals surface area contributed by atoms with Gasteiger partial charge in [-0.2, -0.15) is 5.10 Å². The highest BCUT2D eigenvalue weighted by atomic mass is 19.1. The minimum absolute atomic E-state index is 0.00448. The number of carbonyl (C=O) groups excluding carboxylic acids is 1. The second kappa shape index (κ2) is 8.38. The Kier molecular flexibility index (Phi) is 5.35. The van der Waals surface area contributed by atoms with Crippen LogP contribution in [0.4, 0.5) is 14.6 Å². The van der Waals surface area contributed by atoms with Crippen molar-refractivity contribution in [1.82, 2.24) is 24.9 Å². The summed E-state index contributed by atoms with van der Waals surface area (Å²) in [6, 6.07) is 9.42. The molecular weight excluding hydrogens is 462 g/mol. The van der Waals surface area contributed by atoms with Gasteiger partial charge in [0.2, 0.25) is 5.91 Å². The third-order valence-electron chi connectivity index (χ3n) is 5.99. The lowest BCUT2D eigenvalue weighted by Crippen LogP contribution is -2.38. The number of nitrogens with zero attached hydrogens (tertiary/aromatic N) is 6. The molecule has 10 nitrogen and oxygen atoms in total. The van der Waals surface area contributed by atoms with Crippen LogP contribution in [0.3, 0.4) is 0 Å². The molecule has 12 heteroatoms. The van der Waals surface area contributed by atoms with E-state index in [1.54, 1.807) is 30.3 Å². The van der Waals surface area contributed by atoms with Crippen LogP contribution in [0.15, 0.2) is 53.4 Å². The molecule has 5 rings (SSSR count). The lowest BCUT2D eigenvalue weighted by atomic mass is 9.89. The molecule has 1 amide bonds. The summed E-state index contributed by atoms with van der Waals surface area (Å²) in [5, 5.41) is 17.8. The fraction of sp³-hybridized carbons (Fsp3) is 0.217. The zero-order valence-corrected chi connectivity index (χ0v) is 18.4. The van der Waals surface area contributed by atoms with Crippen LogP contribution in [0.5, 0.6) is 0 Å². The van der Waals surface area contributed by atoms with Crippen LogP contribution in [0, 0.1) is 17.0 Å². The molecule has 0 bridgehead atoms. The van der Waals surface area contributed by atoms with Crippen molar-refractivity contribution in [2.45, 2.75) is 19.9 Å². The summed E-state index contributed by atoms with van der Waals surface area (Å²) >= 11 is 0. The minimum Gasteiger partial charge on any atom is -0.480 e. The van der Waals surface area contributed by atoms with Gasteiger partial charge in [-0.25, -0.2) is 18.7 Å². The van der Waals surface area contributed by atoms with Crippen molar-refractivity contribution in [3.63, 3.8) is 0 Å². The number of benzene rings is 1. The van der Waals surface area contributed by atoms with E-state index < -0.39 is 28.9 Å². The normalized spacial score (nSPS) is 17.8. The number of carboxylic acids is 1. The van der Waals surface area contributed by atoms with Gasteiger partial charge in [-0.3, -0.25) is 19.2 Å². The van der Waals surface area contributed by atoms with Crippen LogP contribution in [0.25, 0.3) is 22.9 Å². The summed E-state index contributed by atoms with van der Waals surface area (Å²) < 4.78 is 35.3. The Morgan fingerprint density at radius 1 is 1.20 bits per heavy atom. The molecule has 1 N–H and O–H groups in total. The van der Waals surface area contributed by atoms with E-state index in [2.05, 4.69) is 20.2 Å². The van der Waals surface area contributed by atoms with Gasteiger partial charge in [-0.15, -0.1) is 0 Å². The maximum Gasteiger partial charge on any atom is 0.319 e. The molecule has 1 atom stereocenters. The smallest absolute Gasteiger partial charge is 0.319 e. The molecule has 0 radical (unpaired) electrons. The molecule has 3 aromatic heterocycles. The topological polar surface area (TPSA) is 127 Å². The van der Waals surface area contributed by atoms with Crippen molar-refractivity contribution >= 4 is 17.7 Å². The highest BCUT2D eigenvalue weighted by molar-refractivity contribution is 6.11. The molecule has 1 aliphatic heterocycles. The molecule has 4 heterocycles. The third-order valence-corrected chi connectivity index (χ3v) is 5.99. The molecule has 1 aromatic carbocycles. The van der Waals surface area contributed by atoms with E-state index in [9.17, 15) is 23.5 Å². The van der Waals surface area contributed by atoms with Gasteiger partial charge in [0.05, 0.1) is 18.4 Å². The van der Waals surface area contributed by atoms with E-state index in [0.717, 1.165) is 11.1 Å². The summed E-state index contributed by atoms with van der Waals surface area (Å²) in [6.45, 7) is 1.34. The monoisotopic (exact) mass is 480 g/mol. The molecule has 1 saturated heterocycles. The minimum atomic E-state index is -1.67. The van der Waals surface area contributed by atoms with Gasteiger partial charge in [0.1, 0.15) is 28.9 Å². The van der Waals surface area contributed by atoms with Crippen LogP contribution in [-0.4, -0.2) is 48.4 Å². The van der Waals surface area contributed by atoms with Crippen molar-refractivity contribution in [2.75, 3.05) is 11.4 Å². The van der Waals surface area contributed by atoms with E-state index >= 15 is 0 Å². The van der Waals surface area contributed by atoms with Gasteiger partial charge in [0, 0.05) is 18.2 Å². The first-order valence-electron chi connectivity index (χ1n) is 10.6. The second-order valence-corrected chi connectivity index (χ2v) is 8.26. The lowest BCUT2D eigenvalue weighted by Gasteiger charge is -2.19. The molecule has 35 heavy (non-hydrogen) atoms. The second-order valence-electron chi connectivity index (χ2n) is 8.26. The molecule has 0 saturated carbocycles. The summed E-state index contributed by atoms with van der Waals surface area (Å²) in [5.41, 5.74) is -0.174. The van der Waals surface area contributed by atoms with Crippen molar-refractivity contribution in [1.29, 1.82) is 0 Å². The predicted octanol–water partition coefficient (Wildman–Crippen LogP) is 3.15. The number of rotatable bonds is 6. The van der Waals surface area contributed by atoms with Crippen molar-refractivity contribution < 1.29 is 28.0 Å². The van der Waals surface area contributed by atoms with Crippen LogP contribution in [-0.2, 0) is 16.1 Å². The Hall–Kier alpha value is -4.48. The zero-order chi connectivity index (χ0) is 24.7. The SMILES string of the molecule is CC1(C(=O)O)CCN(c2nc(-c3cc(-c4ccon4)n(Cc4ccccc4F)n3)ncc2F)C1=O. The van der Waals surface area contributed by atoms with E-state index in [1.807, 2.05) is 0 Å². The fourth-order valence-electron chi connectivity index (χ4n) is 3.90. The van der Waals surface area contributed by atoms with Crippen LogP contribution >= 0.6 is 0 Å². The quantitative estimate of drug-likeness (QED) is 0.417. The highest BCUT2D eigenvalue weighted by Gasteiger charge is 2.50. The molecule has 1 fully saturated rings.